The van der Waals surface area contributed by atoms with Crippen LogP contribution >= 0.6 is 0 Å². The molecule has 6 nitrogen and oxygen atoms in total. The zero-order valence-electron chi connectivity index (χ0n) is 16.0. The Morgan fingerprint density at radius 2 is 1.77 bits per heavy atom. The van der Waals surface area contributed by atoms with Gasteiger partial charge in [-0.05, 0) is 37.0 Å². The van der Waals surface area contributed by atoms with Crippen LogP contribution in [0.25, 0.3) is 0 Å². The van der Waals surface area contributed by atoms with Crippen LogP contribution in [0.15, 0.2) is 35.2 Å². The highest BCUT2D eigenvalue weighted by atomic mass is 32.2. The molecule has 1 aliphatic carbocycles. The van der Waals surface area contributed by atoms with Gasteiger partial charge in [0.25, 0.3) is 5.91 Å². The molecular formula is C18H17F6N3O3S. The molecule has 3 rings (SSSR count). The summed E-state index contributed by atoms with van der Waals surface area (Å²) in [5, 5.41) is 4.78. The van der Waals surface area contributed by atoms with Crippen molar-refractivity contribution in [2.75, 3.05) is 6.54 Å². The van der Waals surface area contributed by atoms with E-state index in [0.29, 0.717) is 12.1 Å². The number of aromatic nitrogens is 2. The monoisotopic (exact) mass is 469 g/mol. The van der Waals surface area contributed by atoms with Crippen molar-refractivity contribution in [3.8, 4) is 0 Å². The van der Waals surface area contributed by atoms with E-state index in [9.17, 15) is 39.6 Å². The third kappa shape index (κ3) is 4.86. The van der Waals surface area contributed by atoms with Crippen LogP contribution in [0.5, 0.6) is 0 Å². The number of carbonyl (C=O) groups excluding carboxylic acids is 1. The van der Waals surface area contributed by atoms with Gasteiger partial charge in [0, 0.05) is 19.7 Å². The van der Waals surface area contributed by atoms with Crippen molar-refractivity contribution >= 4 is 15.7 Å². The van der Waals surface area contributed by atoms with Gasteiger partial charge in [-0.1, -0.05) is 6.07 Å². The first kappa shape index (κ1) is 23.1. The Balaban J connectivity index is 1.58. The lowest BCUT2D eigenvalue weighted by atomic mass is 9.85. The molecule has 1 aromatic heterocycles. The smallest absolute Gasteiger partial charge is 0.350 e. The first-order valence-electron chi connectivity index (χ1n) is 9.00. The molecule has 0 unspecified atom stereocenters. The highest BCUT2D eigenvalue weighted by Gasteiger charge is 2.41. The fourth-order valence-electron chi connectivity index (χ4n) is 3.28. The van der Waals surface area contributed by atoms with E-state index < -0.39 is 49.5 Å². The molecule has 0 aliphatic heterocycles. The first-order valence-corrected chi connectivity index (χ1v) is 10.5. The third-order valence-electron chi connectivity index (χ3n) is 5.08. The van der Waals surface area contributed by atoms with Crippen LogP contribution < -0.4 is 5.32 Å². The molecule has 170 valence electrons. The van der Waals surface area contributed by atoms with Crippen molar-refractivity contribution in [3.63, 3.8) is 0 Å². The summed E-state index contributed by atoms with van der Waals surface area (Å²) in [6.07, 6.45) is -9.15. The number of benzene rings is 1. The van der Waals surface area contributed by atoms with Crippen LogP contribution in [-0.4, -0.2) is 35.9 Å². The van der Waals surface area contributed by atoms with Gasteiger partial charge >= 0.3 is 12.4 Å². The molecule has 0 saturated heterocycles. The number of sulfone groups is 1. The van der Waals surface area contributed by atoms with Gasteiger partial charge in [-0.3, -0.25) is 9.48 Å². The van der Waals surface area contributed by atoms with E-state index in [0.717, 1.165) is 22.9 Å². The van der Waals surface area contributed by atoms with Crippen LogP contribution in [-0.2, 0) is 29.2 Å². The number of amides is 1. The molecule has 1 saturated carbocycles. The summed E-state index contributed by atoms with van der Waals surface area (Å²) < 4.78 is 102. The fraction of sp³-hybridized carbons (Fsp3) is 0.444. The number of nitrogens with zero attached hydrogens (tertiary/aromatic N) is 2. The van der Waals surface area contributed by atoms with Gasteiger partial charge in [-0.25, -0.2) is 8.42 Å². The number of rotatable bonds is 5. The van der Waals surface area contributed by atoms with E-state index in [1.54, 1.807) is 0 Å². The largest absolute Gasteiger partial charge is 0.435 e. The first-order chi connectivity index (χ1) is 14.2. The van der Waals surface area contributed by atoms with E-state index in [2.05, 4.69) is 10.4 Å². The molecule has 1 fully saturated rings. The Hall–Kier alpha value is -2.57. The molecule has 13 heteroatoms. The van der Waals surface area contributed by atoms with Crippen LogP contribution in [0.3, 0.4) is 0 Å². The summed E-state index contributed by atoms with van der Waals surface area (Å²) in [5.41, 5.74) is -2.58. The molecule has 1 heterocycles. The Kier molecular flexibility index (Phi) is 5.84. The zero-order valence-corrected chi connectivity index (χ0v) is 16.8. The lowest BCUT2D eigenvalue weighted by Gasteiger charge is -2.35. The molecule has 1 N–H and O–H groups in total. The fourth-order valence-corrected chi connectivity index (χ4v) is 5.28. The molecular weight excluding hydrogens is 452 g/mol. The van der Waals surface area contributed by atoms with E-state index in [4.69, 9.17) is 0 Å². The van der Waals surface area contributed by atoms with Gasteiger partial charge in [-0.2, -0.15) is 31.4 Å². The predicted octanol–water partition coefficient (Wildman–Crippen LogP) is 3.44. The Morgan fingerprint density at radius 3 is 2.32 bits per heavy atom. The van der Waals surface area contributed by atoms with Gasteiger partial charge in [-0.15, -0.1) is 0 Å². The van der Waals surface area contributed by atoms with E-state index >= 15 is 0 Å². The van der Waals surface area contributed by atoms with Crippen molar-refractivity contribution in [2.24, 2.45) is 13.0 Å². The lowest BCUT2D eigenvalue weighted by molar-refractivity contribution is -0.141. The van der Waals surface area contributed by atoms with Crippen molar-refractivity contribution in [1.29, 1.82) is 0 Å². The molecule has 1 amide bonds. The molecule has 0 spiro atoms. The number of aryl methyl sites for hydroxylation is 1. The average Bonchev–Trinajstić information content (AvgIpc) is 3.01. The second kappa shape index (κ2) is 7.84. The summed E-state index contributed by atoms with van der Waals surface area (Å²) in [6.45, 7) is 0.0139. The van der Waals surface area contributed by atoms with E-state index in [1.165, 1.54) is 7.05 Å². The highest BCUT2D eigenvalue weighted by molar-refractivity contribution is 7.92. The summed E-state index contributed by atoms with van der Waals surface area (Å²) in [6, 6.07) is 4.10. The van der Waals surface area contributed by atoms with Crippen molar-refractivity contribution < 1.29 is 39.6 Å². The average molecular weight is 469 g/mol. The minimum Gasteiger partial charge on any atom is -0.350 e. The minimum absolute atomic E-state index is 0.0139. The standard InChI is InChI=1S/C18H17F6N3O3S/c1-27-14(8-15(26-27)18(22,23)24)16(28)25-9-10-5-13(6-10)31(29,30)12-4-2-3-11(7-12)17(19,20)21/h2-4,7-8,10,13H,5-6,9H2,1H3,(H,25,28)/t10-,13-. The summed E-state index contributed by atoms with van der Waals surface area (Å²) in [5.74, 6) is -1.07. The SMILES string of the molecule is Cn1nc(C(F)(F)F)cc1C(=O)NC[C@H]1C[C@H](S(=O)(=O)c2cccc(C(F)(F)F)c2)C1. The van der Waals surface area contributed by atoms with Crippen molar-refractivity contribution in [1.82, 2.24) is 15.1 Å². The predicted molar refractivity (Wildman–Crippen MR) is 95.7 cm³/mol. The number of hydrogen-bond donors (Lipinski definition) is 1. The molecule has 1 aliphatic rings. The third-order valence-corrected chi connectivity index (χ3v) is 7.25. The maximum Gasteiger partial charge on any atom is 0.435 e. The van der Waals surface area contributed by atoms with Crippen molar-refractivity contribution in [3.05, 3.63) is 47.3 Å². The highest BCUT2D eigenvalue weighted by Crippen LogP contribution is 2.38. The van der Waals surface area contributed by atoms with Gasteiger partial charge in [0.15, 0.2) is 15.5 Å². The lowest BCUT2D eigenvalue weighted by Crippen LogP contribution is -2.42. The number of halogens is 6. The summed E-state index contributed by atoms with van der Waals surface area (Å²) in [7, 11) is -2.79. The minimum atomic E-state index is -4.70. The quantitative estimate of drug-likeness (QED) is 0.681. The summed E-state index contributed by atoms with van der Waals surface area (Å²) in [4.78, 5) is 11.7. The number of carbonyl (C=O) groups is 1. The number of hydrogen-bond acceptors (Lipinski definition) is 4. The van der Waals surface area contributed by atoms with E-state index in [-0.39, 0.29) is 31.0 Å². The van der Waals surface area contributed by atoms with Gasteiger partial charge < -0.3 is 5.32 Å². The van der Waals surface area contributed by atoms with Crippen LogP contribution in [0.1, 0.15) is 34.6 Å². The molecule has 0 bridgehead atoms. The topological polar surface area (TPSA) is 81.1 Å². The molecule has 31 heavy (non-hydrogen) atoms. The van der Waals surface area contributed by atoms with Crippen LogP contribution in [0.4, 0.5) is 26.3 Å². The van der Waals surface area contributed by atoms with Crippen molar-refractivity contribution in [2.45, 2.75) is 35.3 Å². The van der Waals surface area contributed by atoms with E-state index in [1.807, 2.05) is 0 Å². The number of alkyl halides is 6. The normalized spacial score (nSPS) is 19.7. The van der Waals surface area contributed by atoms with Gasteiger partial charge in [0.05, 0.1) is 15.7 Å². The zero-order chi connectivity index (χ0) is 23.2. The second-order valence-corrected chi connectivity index (χ2v) is 9.50. The van der Waals surface area contributed by atoms with Crippen LogP contribution in [0, 0.1) is 5.92 Å². The Morgan fingerprint density at radius 1 is 1.13 bits per heavy atom. The maximum absolute atomic E-state index is 12.8. The second-order valence-electron chi connectivity index (χ2n) is 7.28. The van der Waals surface area contributed by atoms with Gasteiger partial charge in [0.1, 0.15) is 5.69 Å². The summed E-state index contributed by atoms with van der Waals surface area (Å²) >= 11 is 0. The Labute approximate surface area is 173 Å². The molecule has 2 aromatic rings. The number of nitrogens with one attached hydrogen (secondary N) is 1. The molecule has 0 radical (unpaired) electrons. The van der Waals surface area contributed by atoms with Crippen LogP contribution in [0.2, 0.25) is 0 Å². The molecule has 0 atom stereocenters. The van der Waals surface area contributed by atoms with Gasteiger partial charge in [0.2, 0.25) is 0 Å². The molecule has 1 aromatic carbocycles. The maximum atomic E-state index is 12.8. The Bertz CT molecular complexity index is 1090.